The molecular weight excluding hydrogens is 339 g/mol. The summed E-state index contributed by atoms with van der Waals surface area (Å²) in [6.07, 6.45) is -4.50. The number of benzene rings is 1. The van der Waals surface area contributed by atoms with E-state index < -0.39 is 12.8 Å². The highest BCUT2D eigenvalue weighted by Gasteiger charge is 2.27. The highest BCUT2D eigenvalue weighted by Crippen LogP contribution is 2.27. The van der Waals surface area contributed by atoms with Crippen LogP contribution in [0.5, 0.6) is 0 Å². The molecule has 1 aromatic rings. The third kappa shape index (κ3) is 5.92. The second-order valence-corrected chi connectivity index (χ2v) is 5.26. The molecule has 1 amide bonds. The van der Waals surface area contributed by atoms with Crippen LogP contribution in [0, 0.1) is 13.8 Å². The van der Waals surface area contributed by atoms with Gasteiger partial charge in [-0.15, -0.1) is 0 Å². The smallest absolute Gasteiger partial charge is 0.372 e. The summed E-state index contributed by atoms with van der Waals surface area (Å²) in [6.45, 7) is 2.16. The number of halogens is 4. The van der Waals surface area contributed by atoms with Gasteiger partial charge in [0.2, 0.25) is 5.91 Å². The second-order valence-electron chi connectivity index (χ2n) is 4.40. The number of hydrogen-bond donors (Lipinski definition) is 1. The van der Waals surface area contributed by atoms with Crippen molar-refractivity contribution in [1.82, 2.24) is 0 Å². The molecule has 112 valence electrons. The minimum Gasteiger partial charge on any atom is -0.372 e. The van der Waals surface area contributed by atoms with E-state index in [1.54, 1.807) is 0 Å². The van der Waals surface area contributed by atoms with Crippen LogP contribution in [0.1, 0.15) is 17.5 Å². The maximum absolute atomic E-state index is 11.8. The van der Waals surface area contributed by atoms with Gasteiger partial charge in [0, 0.05) is 4.47 Å². The third-order valence-electron chi connectivity index (χ3n) is 2.44. The zero-order valence-electron chi connectivity index (χ0n) is 11.1. The maximum atomic E-state index is 11.8. The fourth-order valence-electron chi connectivity index (χ4n) is 1.63. The van der Waals surface area contributed by atoms with Crippen molar-refractivity contribution in [3.05, 3.63) is 27.7 Å². The number of ether oxygens (including phenoxy) is 1. The van der Waals surface area contributed by atoms with Gasteiger partial charge in [-0.2, -0.15) is 13.2 Å². The summed E-state index contributed by atoms with van der Waals surface area (Å²) in [5, 5.41) is 2.66. The molecule has 3 nitrogen and oxygen atoms in total. The van der Waals surface area contributed by atoms with Gasteiger partial charge in [-0.1, -0.05) is 6.07 Å². The Morgan fingerprint density at radius 1 is 1.35 bits per heavy atom. The molecule has 0 atom stereocenters. The van der Waals surface area contributed by atoms with Crippen LogP contribution in [0.15, 0.2) is 16.6 Å². The van der Waals surface area contributed by atoms with Gasteiger partial charge in [-0.3, -0.25) is 4.79 Å². The van der Waals surface area contributed by atoms with Crippen molar-refractivity contribution in [3.8, 4) is 0 Å². The lowest BCUT2D eigenvalue weighted by molar-refractivity contribution is -0.174. The SMILES string of the molecule is Cc1cc(C)c(NC(=O)CCOCC(F)(F)F)c(Br)c1. The summed E-state index contributed by atoms with van der Waals surface area (Å²) in [5.41, 5.74) is 2.54. The van der Waals surface area contributed by atoms with Gasteiger partial charge in [-0.05, 0) is 47.0 Å². The van der Waals surface area contributed by atoms with Crippen LogP contribution in [0.4, 0.5) is 18.9 Å². The predicted molar refractivity (Wildman–Crippen MR) is 73.7 cm³/mol. The number of alkyl halides is 3. The minimum atomic E-state index is -4.37. The number of aryl methyl sites for hydroxylation is 2. The topological polar surface area (TPSA) is 38.3 Å². The van der Waals surface area contributed by atoms with Crippen molar-refractivity contribution in [1.29, 1.82) is 0 Å². The molecule has 1 N–H and O–H groups in total. The van der Waals surface area contributed by atoms with Gasteiger partial charge in [-0.25, -0.2) is 0 Å². The molecule has 1 aromatic carbocycles. The van der Waals surface area contributed by atoms with Gasteiger partial charge < -0.3 is 10.1 Å². The van der Waals surface area contributed by atoms with Gasteiger partial charge in [0.1, 0.15) is 6.61 Å². The van der Waals surface area contributed by atoms with Crippen LogP contribution in [-0.4, -0.2) is 25.3 Å². The Kier molecular flexibility index (Phi) is 6.01. The van der Waals surface area contributed by atoms with Crippen molar-refractivity contribution < 1.29 is 22.7 Å². The number of amides is 1. The summed E-state index contributed by atoms with van der Waals surface area (Å²) < 4.78 is 40.6. The summed E-state index contributed by atoms with van der Waals surface area (Å²) in [6, 6.07) is 3.75. The van der Waals surface area contributed by atoms with Crippen LogP contribution in [0.3, 0.4) is 0 Å². The van der Waals surface area contributed by atoms with Gasteiger partial charge >= 0.3 is 6.18 Å². The summed E-state index contributed by atoms with van der Waals surface area (Å²) in [7, 11) is 0. The fourth-order valence-corrected chi connectivity index (χ4v) is 2.40. The van der Waals surface area contributed by atoms with Gasteiger partial charge in [0.15, 0.2) is 0 Å². The van der Waals surface area contributed by atoms with E-state index in [0.29, 0.717) is 5.69 Å². The molecule has 0 heterocycles. The van der Waals surface area contributed by atoms with E-state index >= 15 is 0 Å². The first-order valence-corrected chi connectivity index (χ1v) is 6.69. The Balaban J connectivity index is 2.47. The predicted octanol–water partition coefficient (Wildman–Crippen LogP) is 3.97. The molecule has 7 heteroatoms. The van der Waals surface area contributed by atoms with Crippen LogP contribution in [0.2, 0.25) is 0 Å². The molecule has 0 aliphatic rings. The Labute approximate surface area is 123 Å². The molecular formula is C13H15BrF3NO2. The molecule has 0 aliphatic carbocycles. The van der Waals surface area contributed by atoms with Crippen molar-refractivity contribution in [3.63, 3.8) is 0 Å². The first-order valence-electron chi connectivity index (χ1n) is 5.90. The number of anilines is 1. The van der Waals surface area contributed by atoms with E-state index in [9.17, 15) is 18.0 Å². The molecule has 0 saturated heterocycles. The maximum Gasteiger partial charge on any atom is 0.411 e. The molecule has 0 radical (unpaired) electrons. The molecule has 0 bridgehead atoms. The molecule has 0 aromatic heterocycles. The standard InChI is InChI=1S/C13H15BrF3NO2/c1-8-5-9(2)12(10(14)6-8)18-11(19)3-4-20-7-13(15,16)17/h5-6H,3-4,7H2,1-2H3,(H,18,19). The summed E-state index contributed by atoms with van der Waals surface area (Å²) in [5.74, 6) is -0.389. The third-order valence-corrected chi connectivity index (χ3v) is 3.06. The highest BCUT2D eigenvalue weighted by molar-refractivity contribution is 9.10. The fraction of sp³-hybridized carbons (Fsp3) is 0.462. The molecule has 20 heavy (non-hydrogen) atoms. The van der Waals surface area contributed by atoms with E-state index in [1.807, 2.05) is 26.0 Å². The Hall–Kier alpha value is -1.08. The van der Waals surface area contributed by atoms with Crippen molar-refractivity contribution >= 4 is 27.5 Å². The molecule has 0 spiro atoms. The Morgan fingerprint density at radius 3 is 2.55 bits per heavy atom. The first kappa shape index (κ1) is 17.0. The number of rotatable bonds is 5. The molecule has 0 fully saturated rings. The molecule has 0 unspecified atom stereocenters. The van der Waals surface area contributed by atoms with E-state index in [0.717, 1.165) is 15.6 Å². The largest absolute Gasteiger partial charge is 0.411 e. The molecule has 0 saturated carbocycles. The number of hydrogen-bond acceptors (Lipinski definition) is 2. The van der Waals surface area contributed by atoms with Gasteiger partial charge in [0.25, 0.3) is 0 Å². The summed E-state index contributed by atoms with van der Waals surface area (Å²) in [4.78, 5) is 11.6. The number of nitrogens with one attached hydrogen (secondary N) is 1. The molecule has 1 rings (SSSR count). The monoisotopic (exact) mass is 353 g/mol. The second kappa shape index (κ2) is 7.08. The van der Waals surface area contributed by atoms with Crippen molar-refractivity contribution in [2.24, 2.45) is 0 Å². The zero-order chi connectivity index (χ0) is 15.3. The lowest BCUT2D eigenvalue weighted by atomic mass is 10.1. The highest BCUT2D eigenvalue weighted by atomic mass is 79.9. The van der Waals surface area contributed by atoms with Crippen molar-refractivity contribution in [2.45, 2.75) is 26.4 Å². The molecule has 0 aliphatic heterocycles. The first-order chi connectivity index (χ1) is 9.19. The number of carbonyl (C=O) groups is 1. The van der Waals surface area contributed by atoms with Crippen molar-refractivity contribution in [2.75, 3.05) is 18.5 Å². The van der Waals surface area contributed by atoms with E-state index in [1.165, 1.54) is 0 Å². The minimum absolute atomic E-state index is 0.129. The van der Waals surface area contributed by atoms with E-state index in [-0.39, 0.29) is 18.9 Å². The van der Waals surface area contributed by atoms with Crippen LogP contribution >= 0.6 is 15.9 Å². The van der Waals surface area contributed by atoms with E-state index in [4.69, 9.17) is 0 Å². The average molecular weight is 354 g/mol. The average Bonchev–Trinajstić information content (AvgIpc) is 2.28. The van der Waals surface area contributed by atoms with E-state index in [2.05, 4.69) is 26.0 Å². The summed E-state index contributed by atoms with van der Waals surface area (Å²) >= 11 is 3.34. The van der Waals surface area contributed by atoms with Crippen LogP contribution < -0.4 is 5.32 Å². The normalized spacial score (nSPS) is 11.5. The quantitative estimate of drug-likeness (QED) is 0.813. The number of carbonyl (C=O) groups excluding carboxylic acids is 1. The zero-order valence-corrected chi connectivity index (χ0v) is 12.7. The Morgan fingerprint density at radius 2 is 2.00 bits per heavy atom. The van der Waals surface area contributed by atoms with Gasteiger partial charge in [0.05, 0.1) is 18.7 Å². The van der Waals surface area contributed by atoms with Crippen LogP contribution in [0.25, 0.3) is 0 Å². The lowest BCUT2D eigenvalue weighted by Gasteiger charge is -2.12. The van der Waals surface area contributed by atoms with Crippen LogP contribution in [-0.2, 0) is 9.53 Å². The lowest BCUT2D eigenvalue weighted by Crippen LogP contribution is -2.20. The Bertz CT molecular complexity index is 466.